The van der Waals surface area contributed by atoms with Crippen molar-refractivity contribution in [1.82, 2.24) is 15.0 Å². The van der Waals surface area contributed by atoms with E-state index in [0.29, 0.717) is 58.5 Å². The van der Waals surface area contributed by atoms with Crippen LogP contribution in [0.15, 0.2) is 0 Å². The topological polar surface area (TPSA) is 97.4 Å². The molecule has 1 aliphatic rings. The van der Waals surface area contributed by atoms with Crippen LogP contribution in [0, 0.1) is 0 Å². The molecule has 9 nitrogen and oxygen atoms in total. The minimum Gasteiger partial charge on any atom is -0.461 e. The summed E-state index contributed by atoms with van der Waals surface area (Å²) < 4.78 is 21.3. The van der Waals surface area contributed by atoms with E-state index in [1.807, 2.05) is 13.8 Å². The highest BCUT2D eigenvalue weighted by molar-refractivity contribution is 5.06. The second-order valence-corrected chi connectivity index (χ2v) is 4.61. The van der Waals surface area contributed by atoms with Crippen molar-refractivity contribution in [3.05, 3.63) is 5.82 Å². The minimum absolute atomic E-state index is 0.124. The van der Waals surface area contributed by atoms with Gasteiger partial charge in [-0.15, -0.1) is 4.98 Å². The fourth-order valence-electron chi connectivity index (χ4n) is 1.56. The highest BCUT2D eigenvalue weighted by atomic mass is 17.2. The summed E-state index contributed by atoms with van der Waals surface area (Å²) >= 11 is 0. The van der Waals surface area contributed by atoms with Crippen LogP contribution in [0.1, 0.15) is 19.7 Å². The monoisotopic (exact) mass is 329 g/mol. The Hall–Kier alpha value is -1.55. The van der Waals surface area contributed by atoms with Crippen LogP contribution >= 0.6 is 0 Å². The summed E-state index contributed by atoms with van der Waals surface area (Å²) in [6.45, 7) is 7.17. The third-order valence-electron chi connectivity index (χ3n) is 2.71. The molecule has 1 fully saturated rings. The van der Waals surface area contributed by atoms with Crippen molar-refractivity contribution in [2.75, 3.05) is 46.2 Å². The fraction of sp³-hybridized carbons (Fsp3) is 0.786. The number of hydrogen-bond acceptors (Lipinski definition) is 9. The van der Waals surface area contributed by atoms with Gasteiger partial charge in [0.05, 0.1) is 26.4 Å². The zero-order chi connectivity index (χ0) is 16.3. The summed E-state index contributed by atoms with van der Waals surface area (Å²) in [4.78, 5) is 22.4. The maximum Gasteiger partial charge on any atom is 0.322 e. The van der Waals surface area contributed by atoms with Crippen LogP contribution in [0.3, 0.4) is 0 Å². The molecule has 1 aliphatic heterocycles. The molecule has 1 aromatic heterocycles. The van der Waals surface area contributed by atoms with E-state index in [4.69, 9.17) is 28.7 Å². The second kappa shape index (κ2) is 10.3. The van der Waals surface area contributed by atoms with Gasteiger partial charge in [0.2, 0.25) is 0 Å². The van der Waals surface area contributed by atoms with Gasteiger partial charge in [0.1, 0.15) is 25.1 Å². The molecular weight excluding hydrogens is 306 g/mol. The summed E-state index contributed by atoms with van der Waals surface area (Å²) in [6, 6.07) is 0.422. The Morgan fingerprint density at radius 2 is 1.74 bits per heavy atom. The van der Waals surface area contributed by atoms with Crippen LogP contribution < -0.4 is 9.47 Å². The van der Waals surface area contributed by atoms with Crippen molar-refractivity contribution >= 4 is 0 Å². The highest BCUT2D eigenvalue weighted by Gasteiger charge is 2.24. The van der Waals surface area contributed by atoms with Crippen LogP contribution in [-0.4, -0.2) is 67.3 Å². The smallest absolute Gasteiger partial charge is 0.322 e. The first-order valence-electron chi connectivity index (χ1n) is 7.76. The van der Waals surface area contributed by atoms with E-state index in [-0.39, 0.29) is 18.1 Å². The molecule has 0 bridgehead atoms. The van der Waals surface area contributed by atoms with Crippen LogP contribution in [0.25, 0.3) is 0 Å². The molecule has 1 aromatic rings. The maximum atomic E-state index is 5.50. The standard InChI is InChI=1S/C14H23N3O6/c1-3-18-7-8-19-13-15-12(5-6-23-22-4-2)16-14(17-13)21-10-11-9-20-11/h11H,3-10H2,1-2H3. The van der Waals surface area contributed by atoms with Gasteiger partial charge in [-0.05, 0) is 13.8 Å². The van der Waals surface area contributed by atoms with E-state index in [1.165, 1.54) is 0 Å². The Kier molecular flexibility index (Phi) is 7.95. The SMILES string of the molecule is CCOCCOc1nc(CCOOCC)nc(OCC2CO2)n1. The quantitative estimate of drug-likeness (QED) is 0.223. The number of aromatic nitrogens is 3. The van der Waals surface area contributed by atoms with Crippen molar-refractivity contribution in [2.24, 2.45) is 0 Å². The Balaban J connectivity index is 1.89. The zero-order valence-electron chi connectivity index (χ0n) is 13.5. The second-order valence-electron chi connectivity index (χ2n) is 4.61. The molecule has 0 amide bonds. The van der Waals surface area contributed by atoms with Gasteiger partial charge in [-0.25, -0.2) is 9.78 Å². The van der Waals surface area contributed by atoms with E-state index < -0.39 is 0 Å². The van der Waals surface area contributed by atoms with Gasteiger partial charge in [-0.3, -0.25) is 0 Å². The average Bonchev–Trinajstić information content (AvgIpc) is 3.38. The van der Waals surface area contributed by atoms with Crippen molar-refractivity contribution in [2.45, 2.75) is 26.4 Å². The van der Waals surface area contributed by atoms with E-state index in [9.17, 15) is 0 Å². The molecule has 0 saturated carbocycles. The maximum absolute atomic E-state index is 5.50. The molecule has 2 rings (SSSR count). The van der Waals surface area contributed by atoms with E-state index >= 15 is 0 Å². The van der Waals surface area contributed by atoms with Crippen LogP contribution in [0.4, 0.5) is 0 Å². The predicted molar refractivity (Wildman–Crippen MR) is 78.3 cm³/mol. The lowest BCUT2D eigenvalue weighted by atomic mass is 10.4. The van der Waals surface area contributed by atoms with Crippen LogP contribution in [0.5, 0.6) is 12.0 Å². The molecule has 2 heterocycles. The van der Waals surface area contributed by atoms with Crippen molar-refractivity contribution in [3.63, 3.8) is 0 Å². The molecule has 1 saturated heterocycles. The number of rotatable bonds is 13. The lowest BCUT2D eigenvalue weighted by molar-refractivity contribution is -0.290. The molecular formula is C14H23N3O6. The molecule has 9 heteroatoms. The summed E-state index contributed by atoms with van der Waals surface area (Å²) in [7, 11) is 0. The summed E-state index contributed by atoms with van der Waals surface area (Å²) in [5.74, 6) is 0.512. The number of epoxide rings is 1. The molecule has 0 aliphatic carbocycles. The molecule has 1 atom stereocenters. The predicted octanol–water partition coefficient (Wildman–Crippen LogP) is 0.575. The van der Waals surface area contributed by atoms with Crippen molar-refractivity contribution in [1.29, 1.82) is 0 Å². The largest absolute Gasteiger partial charge is 0.461 e. The molecule has 23 heavy (non-hydrogen) atoms. The van der Waals surface area contributed by atoms with E-state index in [2.05, 4.69) is 15.0 Å². The molecule has 130 valence electrons. The normalized spacial score (nSPS) is 16.3. The first-order chi connectivity index (χ1) is 11.3. The Morgan fingerprint density at radius 3 is 2.43 bits per heavy atom. The van der Waals surface area contributed by atoms with Crippen LogP contribution in [0.2, 0.25) is 0 Å². The van der Waals surface area contributed by atoms with Gasteiger partial charge in [-0.1, -0.05) is 0 Å². The third-order valence-corrected chi connectivity index (χ3v) is 2.71. The first kappa shape index (κ1) is 17.8. The summed E-state index contributed by atoms with van der Waals surface area (Å²) in [6.07, 6.45) is 0.583. The van der Waals surface area contributed by atoms with Gasteiger partial charge in [0.25, 0.3) is 0 Å². The lowest BCUT2D eigenvalue weighted by Gasteiger charge is -2.09. The number of ether oxygens (including phenoxy) is 4. The van der Waals surface area contributed by atoms with Crippen molar-refractivity contribution in [3.8, 4) is 12.0 Å². The third kappa shape index (κ3) is 7.51. The zero-order valence-corrected chi connectivity index (χ0v) is 13.5. The fourth-order valence-corrected chi connectivity index (χ4v) is 1.56. The molecule has 0 N–H and O–H groups in total. The number of nitrogens with zero attached hydrogens (tertiary/aromatic N) is 3. The lowest BCUT2D eigenvalue weighted by Crippen LogP contribution is -2.13. The Labute approximate surface area is 135 Å². The van der Waals surface area contributed by atoms with Gasteiger partial charge >= 0.3 is 12.0 Å². The minimum atomic E-state index is 0.124. The Bertz CT molecular complexity index is 428. The van der Waals surface area contributed by atoms with Gasteiger partial charge < -0.3 is 18.9 Å². The number of hydrogen-bond donors (Lipinski definition) is 0. The molecule has 1 unspecified atom stereocenters. The average molecular weight is 329 g/mol. The molecule has 0 aromatic carbocycles. The van der Waals surface area contributed by atoms with Gasteiger partial charge in [0.15, 0.2) is 0 Å². The van der Waals surface area contributed by atoms with E-state index in [1.54, 1.807) is 0 Å². The van der Waals surface area contributed by atoms with Gasteiger partial charge in [-0.2, -0.15) is 9.97 Å². The first-order valence-corrected chi connectivity index (χ1v) is 7.76. The highest BCUT2D eigenvalue weighted by Crippen LogP contribution is 2.14. The molecule has 0 radical (unpaired) electrons. The van der Waals surface area contributed by atoms with Gasteiger partial charge in [0, 0.05) is 13.0 Å². The van der Waals surface area contributed by atoms with E-state index in [0.717, 1.165) is 0 Å². The molecule has 0 spiro atoms. The van der Waals surface area contributed by atoms with Crippen molar-refractivity contribution < 1.29 is 28.7 Å². The summed E-state index contributed by atoms with van der Waals surface area (Å²) in [5, 5.41) is 0. The Morgan fingerprint density at radius 1 is 0.957 bits per heavy atom. The van der Waals surface area contributed by atoms with Crippen LogP contribution in [-0.2, 0) is 25.7 Å². The summed E-state index contributed by atoms with van der Waals surface area (Å²) in [5.41, 5.74) is 0.